The average molecular weight is 243 g/mol. The molecule has 0 radical (unpaired) electrons. The SMILES string of the molecule is CC(=O)c1cccc2c1CCN2CC1CCCC1. The number of carbonyl (C=O) groups is 1. The zero-order chi connectivity index (χ0) is 12.5. The highest BCUT2D eigenvalue weighted by molar-refractivity contribution is 5.97. The first-order chi connectivity index (χ1) is 8.75. The highest BCUT2D eigenvalue weighted by Crippen LogP contribution is 2.34. The molecule has 0 unspecified atom stereocenters. The number of hydrogen-bond acceptors (Lipinski definition) is 2. The Labute approximate surface area is 109 Å². The van der Waals surface area contributed by atoms with Gasteiger partial charge in [-0.15, -0.1) is 0 Å². The van der Waals surface area contributed by atoms with Crippen LogP contribution in [0.4, 0.5) is 5.69 Å². The van der Waals surface area contributed by atoms with E-state index in [1.165, 1.54) is 43.5 Å². The lowest BCUT2D eigenvalue weighted by Gasteiger charge is -2.23. The number of hydrogen-bond donors (Lipinski definition) is 0. The summed E-state index contributed by atoms with van der Waals surface area (Å²) in [6.45, 7) is 3.96. The maximum Gasteiger partial charge on any atom is 0.160 e. The molecule has 0 atom stereocenters. The van der Waals surface area contributed by atoms with Gasteiger partial charge < -0.3 is 4.90 Å². The summed E-state index contributed by atoms with van der Waals surface area (Å²) >= 11 is 0. The fraction of sp³-hybridized carbons (Fsp3) is 0.562. The standard InChI is InChI=1S/C16H21NO/c1-12(18)14-7-4-8-16-15(14)9-10-17(16)11-13-5-2-3-6-13/h4,7-8,13H,2-3,5-6,9-11H2,1H3. The Hall–Kier alpha value is -1.31. The maximum absolute atomic E-state index is 11.6. The van der Waals surface area contributed by atoms with E-state index in [1.54, 1.807) is 6.92 Å². The number of nitrogens with zero attached hydrogens (tertiary/aromatic N) is 1. The van der Waals surface area contributed by atoms with Gasteiger partial charge in [0.2, 0.25) is 0 Å². The number of anilines is 1. The van der Waals surface area contributed by atoms with E-state index in [9.17, 15) is 4.79 Å². The molecule has 18 heavy (non-hydrogen) atoms. The van der Waals surface area contributed by atoms with E-state index in [-0.39, 0.29) is 5.78 Å². The second kappa shape index (κ2) is 4.75. The number of benzene rings is 1. The third-order valence-electron chi connectivity index (χ3n) is 4.46. The van der Waals surface area contributed by atoms with Gasteiger partial charge in [0.15, 0.2) is 5.78 Å². The van der Waals surface area contributed by atoms with Gasteiger partial charge in [0.25, 0.3) is 0 Å². The van der Waals surface area contributed by atoms with Crippen LogP contribution >= 0.6 is 0 Å². The Balaban J connectivity index is 1.83. The van der Waals surface area contributed by atoms with Crippen molar-refractivity contribution in [3.8, 4) is 0 Å². The van der Waals surface area contributed by atoms with Crippen molar-refractivity contribution in [1.29, 1.82) is 0 Å². The number of Topliss-reactive ketones (excluding diaryl/α,β-unsaturated/α-hetero) is 1. The lowest BCUT2D eigenvalue weighted by atomic mass is 10.0. The molecule has 1 aliphatic heterocycles. The molecule has 2 nitrogen and oxygen atoms in total. The Kier molecular flexibility index (Phi) is 3.11. The van der Waals surface area contributed by atoms with Gasteiger partial charge in [-0.1, -0.05) is 25.0 Å². The van der Waals surface area contributed by atoms with Gasteiger partial charge in [0.1, 0.15) is 0 Å². The topological polar surface area (TPSA) is 20.3 Å². The van der Waals surface area contributed by atoms with Crippen molar-refractivity contribution in [3.63, 3.8) is 0 Å². The number of carbonyl (C=O) groups excluding carboxylic acids is 1. The van der Waals surface area contributed by atoms with E-state index in [2.05, 4.69) is 11.0 Å². The lowest BCUT2D eigenvalue weighted by Crippen LogP contribution is -2.26. The minimum absolute atomic E-state index is 0.203. The third kappa shape index (κ3) is 2.05. The largest absolute Gasteiger partial charge is 0.371 e. The number of ketones is 1. The number of rotatable bonds is 3. The molecule has 0 N–H and O–H groups in total. The summed E-state index contributed by atoms with van der Waals surface area (Å²) in [7, 11) is 0. The van der Waals surface area contributed by atoms with E-state index in [4.69, 9.17) is 0 Å². The second-order valence-electron chi connectivity index (χ2n) is 5.71. The van der Waals surface area contributed by atoms with Crippen molar-refractivity contribution >= 4 is 11.5 Å². The van der Waals surface area contributed by atoms with Crippen molar-refractivity contribution in [2.24, 2.45) is 5.92 Å². The van der Waals surface area contributed by atoms with Crippen molar-refractivity contribution < 1.29 is 4.79 Å². The van der Waals surface area contributed by atoms with E-state index in [0.717, 1.165) is 24.4 Å². The summed E-state index contributed by atoms with van der Waals surface area (Å²) in [5.41, 5.74) is 3.53. The van der Waals surface area contributed by atoms with E-state index < -0.39 is 0 Å². The van der Waals surface area contributed by atoms with E-state index >= 15 is 0 Å². The molecule has 1 saturated carbocycles. The normalized spacial score (nSPS) is 19.3. The fourth-order valence-electron chi connectivity index (χ4n) is 3.52. The monoisotopic (exact) mass is 243 g/mol. The molecule has 0 saturated heterocycles. The summed E-state index contributed by atoms with van der Waals surface area (Å²) in [4.78, 5) is 14.1. The van der Waals surface area contributed by atoms with Crippen molar-refractivity contribution in [2.75, 3.05) is 18.0 Å². The van der Waals surface area contributed by atoms with Crippen LogP contribution in [0.5, 0.6) is 0 Å². The minimum atomic E-state index is 0.203. The molecule has 0 spiro atoms. The quantitative estimate of drug-likeness (QED) is 0.758. The lowest BCUT2D eigenvalue weighted by molar-refractivity contribution is 0.101. The van der Waals surface area contributed by atoms with Gasteiger partial charge in [-0.3, -0.25) is 4.79 Å². The van der Waals surface area contributed by atoms with Crippen LogP contribution in [0.3, 0.4) is 0 Å². The first kappa shape index (κ1) is 11.8. The molecule has 3 rings (SSSR count). The van der Waals surface area contributed by atoms with Crippen LogP contribution in [0, 0.1) is 5.92 Å². The molecule has 1 aliphatic carbocycles. The first-order valence-electron chi connectivity index (χ1n) is 7.13. The van der Waals surface area contributed by atoms with Crippen LogP contribution in [0.2, 0.25) is 0 Å². The van der Waals surface area contributed by atoms with Crippen LogP contribution in [-0.2, 0) is 6.42 Å². The van der Waals surface area contributed by atoms with Crippen molar-refractivity contribution in [1.82, 2.24) is 0 Å². The van der Waals surface area contributed by atoms with Crippen molar-refractivity contribution in [3.05, 3.63) is 29.3 Å². The Bertz CT molecular complexity index is 460. The molecule has 1 heterocycles. The van der Waals surface area contributed by atoms with Gasteiger partial charge in [0, 0.05) is 24.3 Å². The first-order valence-corrected chi connectivity index (χ1v) is 7.13. The predicted molar refractivity (Wildman–Crippen MR) is 74.3 cm³/mol. The molecular formula is C16H21NO. The fourth-order valence-corrected chi connectivity index (χ4v) is 3.52. The average Bonchev–Trinajstić information content (AvgIpc) is 2.99. The molecule has 0 aromatic heterocycles. The number of fused-ring (bicyclic) bond motifs is 1. The third-order valence-corrected chi connectivity index (χ3v) is 4.46. The molecule has 1 aromatic rings. The van der Waals surface area contributed by atoms with Crippen LogP contribution in [0.25, 0.3) is 0 Å². The Morgan fingerprint density at radius 2 is 2.11 bits per heavy atom. The highest BCUT2D eigenvalue weighted by Gasteiger charge is 2.26. The highest BCUT2D eigenvalue weighted by atomic mass is 16.1. The summed E-state index contributed by atoms with van der Waals surface area (Å²) in [5, 5.41) is 0. The van der Waals surface area contributed by atoms with Gasteiger partial charge >= 0.3 is 0 Å². The van der Waals surface area contributed by atoms with E-state index in [1.807, 2.05) is 12.1 Å². The Morgan fingerprint density at radius 3 is 2.83 bits per heavy atom. The molecule has 0 amide bonds. The van der Waals surface area contributed by atoms with Crippen LogP contribution < -0.4 is 4.90 Å². The summed E-state index contributed by atoms with van der Waals surface area (Å²) in [5.74, 6) is 1.08. The Morgan fingerprint density at radius 1 is 1.33 bits per heavy atom. The summed E-state index contributed by atoms with van der Waals surface area (Å²) in [6.07, 6.45) is 6.62. The molecule has 1 aromatic carbocycles. The van der Waals surface area contributed by atoms with Crippen LogP contribution in [0.1, 0.15) is 48.5 Å². The van der Waals surface area contributed by atoms with Crippen molar-refractivity contribution in [2.45, 2.75) is 39.0 Å². The van der Waals surface area contributed by atoms with Gasteiger partial charge in [-0.05, 0) is 43.7 Å². The molecule has 2 heteroatoms. The van der Waals surface area contributed by atoms with Crippen LogP contribution in [0.15, 0.2) is 18.2 Å². The predicted octanol–water partition coefficient (Wildman–Crippen LogP) is 3.44. The molecular weight excluding hydrogens is 222 g/mol. The van der Waals surface area contributed by atoms with E-state index in [0.29, 0.717) is 0 Å². The smallest absolute Gasteiger partial charge is 0.160 e. The molecule has 0 bridgehead atoms. The summed E-state index contributed by atoms with van der Waals surface area (Å²) in [6, 6.07) is 6.19. The molecule has 96 valence electrons. The van der Waals surface area contributed by atoms with Crippen LogP contribution in [-0.4, -0.2) is 18.9 Å². The zero-order valence-electron chi connectivity index (χ0n) is 11.1. The summed E-state index contributed by atoms with van der Waals surface area (Å²) < 4.78 is 0. The zero-order valence-corrected chi connectivity index (χ0v) is 11.1. The molecule has 1 fully saturated rings. The van der Waals surface area contributed by atoms with Gasteiger partial charge in [0.05, 0.1) is 0 Å². The van der Waals surface area contributed by atoms with Gasteiger partial charge in [-0.25, -0.2) is 0 Å². The van der Waals surface area contributed by atoms with Gasteiger partial charge in [-0.2, -0.15) is 0 Å². The second-order valence-corrected chi connectivity index (χ2v) is 5.71. The molecule has 2 aliphatic rings. The maximum atomic E-state index is 11.6. The minimum Gasteiger partial charge on any atom is -0.371 e.